The summed E-state index contributed by atoms with van der Waals surface area (Å²) in [4.78, 5) is 36.6. The van der Waals surface area contributed by atoms with Crippen molar-refractivity contribution < 1.29 is 38.1 Å². The van der Waals surface area contributed by atoms with E-state index in [4.69, 9.17) is 18.5 Å². The lowest BCUT2D eigenvalue weighted by molar-refractivity contribution is -0.147. The van der Waals surface area contributed by atoms with Crippen molar-refractivity contribution in [3.05, 3.63) is 33.1 Å². The van der Waals surface area contributed by atoms with Gasteiger partial charge in [-0.2, -0.15) is 0 Å². The van der Waals surface area contributed by atoms with Crippen LogP contribution in [-0.2, 0) is 27.9 Å². The molecule has 0 spiro atoms. The fourth-order valence-corrected chi connectivity index (χ4v) is 3.62. The number of hydrogen-bond donors (Lipinski definition) is 3. The zero-order valence-electron chi connectivity index (χ0n) is 16.7. The minimum Gasteiger partial charge on any atom is -0.463 e. The lowest BCUT2D eigenvalue weighted by Gasteiger charge is -2.17. The Morgan fingerprint density at radius 1 is 1.37 bits per heavy atom. The van der Waals surface area contributed by atoms with Crippen LogP contribution in [0.2, 0.25) is 0 Å². The number of aromatic amines is 1. The zero-order chi connectivity index (χ0) is 22.3. The Morgan fingerprint density at radius 3 is 2.73 bits per heavy atom. The Balaban J connectivity index is 1.82. The number of carbonyl (C=O) groups excluding carboxylic acids is 1. The Bertz CT molecular complexity index is 838. The van der Waals surface area contributed by atoms with Crippen molar-refractivity contribution in [3.63, 3.8) is 0 Å². The first-order chi connectivity index (χ1) is 14.2. The van der Waals surface area contributed by atoms with Crippen molar-refractivity contribution in [2.75, 3.05) is 19.8 Å². The largest absolute Gasteiger partial charge is 0.463 e. The fraction of sp³-hybridized carbons (Fsp3) is 0.706. The van der Waals surface area contributed by atoms with Gasteiger partial charge in [-0.25, -0.2) is 4.79 Å². The van der Waals surface area contributed by atoms with Crippen LogP contribution in [0, 0.1) is 5.92 Å². The number of nitrogens with one attached hydrogen (secondary N) is 1. The standard InChI is InChI=1S/C17H27N2O10P/c1-10(2)28-14(22)4-3-7-26-30(25)27-9-12-11(8-20)15(23)16(29-12)19-6-5-13(21)18-17(19)24/h5-6,10-12,15-16,20,23,30H,3-4,7-9H2,1-2H3,(H,18,21,24)/t11-,12-,15-,16-/m1/s1. The van der Waals surface area contributed by atoms with Gasteiger partial charge < -0.3 is 28.7 Å². The van der Waals surface area contributed by atoms with Crippen LogP contribution in [0.15, 0.2) is 21.9 Å². The molecular weight excluding hydrogens is 423 g/mol. The van der Waals surface area contributed by atoms with Gasteiger partial charge in [0.2, 0.25) is 0 Å². The Labute approximate surface area is 172 Å². The highest BCUT2D eigenvalue weighted by Crippen LogP contribution is 2.35. The van der Waals surface area contributed by atoms with Gasteiger partial charge in [0.05, 0.1) is 32.0 Å². The highest BCUT2D eigenvalue weighted by Gasteiger charge is 2.44. The van der Waals surface area contributed by atoms with Crippen molar-refractivity contribution >= 4 is 14.2 Å². The van der Waals surface area contributed by atoms with E-state index in [1.807, 2.05) is 0 Å². The lowest BCUT2D eigenvalue weighted by Crippen LogP contribution is -2.36. The SMILES string of the molecule is CC(C)OC(=O)CCCO[P@H](=O)OC[C@H]1O[C@@H](n2ccc(=O)[nH]c2=O)[C@H](O)[C@@H]1CO. The number of H-pyrrole nitrogens is 1. The number of aromatic nitrogens is 2. The van der Waals surface area contributed by atoms with Crippen LogP contribution in [0.1, 0.15) is 32.9 Å². The summed E-state index contributed by atoms with van der Waals surface area (Å²) in [6, 6.07) is 1.10. The van der Waals surface area contributed by atoms with E-state index >= 15 is 0 Å². The summed E-state index contributed by atoms with van der Waals surface area (Å²) in [6.45, 7) is 2.77. The van der Waals surface area contributed by atoms with Gasteiger partial charge >= 0.3 is 19.9 Å². The third-order valence-corrected chi connectivity index (χ3v) is 5.18. The van der Waals surface area contributed by atoms with E-state index in [1.165, 1.54) is 6.20 Å². The van der Waals surface area contributed by atoms with Crippen molar-refractivity contribution in [3.8, 4) is 0 Å². The number of hydrogen-bond acceptors (Lipinski definition) is 10. The van der Waals surface area contributed by atoms with Gasteiger partial charge in [-0.15, -0.1) is 0 Å². The second-order valence-corrected chi connectivity index (χ2v) is 8.05. The van der Waals surface area contributed by atoms with Crippen LogP contribution in [0.4, 0.5) is 0 Å². The quantitative estimate of drug-likeness (QED) is 0.228. The second kappa shape index (κ2) is 11.5. The van der Waals surface area contributed by atoms with E-state index in [0.29, 0.717) is 6.42 Å². The molecule has 1 aromatic heterocycles. The first-order valence-electron chi connectivity index (χ1n) is 9.47. The molecule has 1 saturated heterocycles. The summed E-state index contributed by atoms with van der Waals surface area (Å²) in [5.41, 5.74) is -1.38. The lowest BCUT2D eigenvalue weighted by atomic mass is 9.99. The molecule has 1 aliphatic rings. The third kappa shape index (κ3) is 6.86. The molecule has 0 bridgehead atoms. The van der Waals surface area contributed by atoms with Crippen LogP contribution >= 0.6 is 8.25 Å². The molecule has 0 aromatic carbocycles. The molecule has 0 radical (unpaired) electrons. The van der Waals surface area contributed by atoms with E-state index in [1.54, 1.807) is 13.8 Å². The molecule has 2 heterocycles. The number of aliphatic hydroxyl groups is 2. The molecule has 170 valence electrons. The second-order valence-electron chi connectivity index (χ2n) is 6.97. The van der Waals surface area contributed by atoms with Crippen LogP contribution in [0.5, 0.6) is 0 Å². The summed E-state index contributed by atoms with van der Waals surface area (Å²) >= 11 is 0. The summed E-state index contributed by atoms with van der Waals surface area (Å²) < 4.78 is 33.6. The monoisotopic (exact) mass is 450 g/mol. The number of rotatable bonds is 11. The Morgan fingerprint density at radius 2 is 2.10 bits per heavy atom. The summed E-state index contributed by atoms with van der Waals surface area (Å²) in [6.07, 6.45) is -1.90. The molecule has 1 fully saturated rings. The van der Waals surface area contributed by atoms with Crippen molar-refractivity contribution in [2.24, 2.45) is 5.92 Å². The van der Waals surface area contributed by atoms with Gasteiger partial charge in [-0.1, -0.05) is 0 Å². The molecule has 2 rings (SSSR count). The first kappa shape index (κ1) is 24.4. The molecule has 3 N–H and O–H groups in total. The predicted molar refractivity (Wildman–Crippen MR) is 103 cm³/mol. The van der Waals surface area contributed by atoms with E-state index in [9.17, 15) is 29.2 Å². The highest BCUT2D eigenvalue weighted by atomic mass is 31.1. The molecule has 5 atom stereocenters. The van der Waals surface area contributed by atoms with E-state index < -0.39 is 50.5 Å². The number of nitrogens with zero attached hydrogens (tertiary/aromatic N) is 1. The average molecular weight is 450 g/mol. The fourth-order valence-electron chi connectivity index (χ4n) is 2.92. The van der Waals surface area contributed by atoms with Gasteiger partial charge in [0, 0.05) is 24.6 Å². The predicted octanol–water partition coefficient (Wildman–Crippen LogP) is -0.442. The highest BCUT2D eigenvalue weighted by molar-refractivity contribution is 7.33. The third-order valence-electron chi connectivity index (χ3n) is 4.34. The first-order valence-corrected chi connectivity index (χ1v) is 10.7. The topological polar surface area (TPSA) is 166 Å². The van der Waals surface area contributed by atoms with Crippen LogP contribution < -0.4 is 11.2 Å². The number of carbonyl (C=O) groups is 1. The van der Waals surface area contributed by atoms with Crippen molar-refractivity contribution in [1.82, 2.24) is 9.55 Å². The van der Waals surface area contributed by atoms with Crippen LogP contribution in [0.3, 0.4) is 0 Å². The minimum absolute atomic E-state index is 0.0258. The average Bonchev–Trinajstić information content (AvgIpc) is 2.98. The van der Waals surface area contributed by atoms with Gasteiger partial charge in [-0.3, -0.25) is 23.7 Å². The van der Waals surface area contributed by atoms with Gasteiger partial charge in [0.15, 0.2) is 6.23 Å². The van der Waals surface area contributed by atoms with Crippen molar-refractivity contribution in [2.45, 2.75) is 51.2 Å². The summed E-state index contributed by atoms with van der Waals surface area (Å²) in [5.74, 6) is -1.19. The van der Waals surface area contributed by atoms with E-state index in [2.05, 4.69) is 4.98 Å². The maximum absolute atomic E-state index is 11.9. The molecular formula is C17H27N2O10P. The van der Waals surface area contributed by atoms with Crippen LogP contribution in [0.25, 0.3) is 0 Å². The van der Waals surface area contributed by atoms with Crippen LogP contribution in [-0.4, -0.2) is 63.9 Å². The van der Waals surface area contributed by atoms with Gasteiger partial charge in [-0.05, 0) is 20.3 Å². The maximum atomic E-state index is 11.9. The molecule has 30 heavy (non-hydrogen) atoms. The Kier molecular flexibility index (Phi) is 9.40. The maximum Gasteiger partial charge on any atom is 0.330 e. The van der Waals surface area contributed by atoms with Gasteiger partial charge in [0.1, 0.15) is 6.10 Å². The molecule has 13 heteroatoms. The van der Waals surface area contributed by atoms with Crippen molar-refractivity contribution in [1.29, 1.82) is 0 Å². The summed E-state index contributed by atoms with van der Waals surface area (Å²) in [5, 5.41) is 19.9. The van der Waals surface area contributed by atoms with E-state index in [0.717, 1.165) is 10.6 Å². The number of ether oxygens (including phenoxy) is 2. The normalized spacial score (nSPS) is 24.8. The smallest absolute Gasteiger partial charge is 0.330 e. The molecule has 0 unspecified atom stereocenters. The molecule has 1 aromatic rings. The molecule has 0 aliphatic carbocycles. The molecule has 0 amide bonds. The number of esters is 1. The molecule has 1 aliphatic heterocycles. The zero-order valence-corrected chi connectivity index (χ0v) is 17.7. The summed E-state index contributed by atoms with van der Waals surface area (Å²) in [7, 11) is -2.90. The minimum atomic E-state index is -2.90. The molecule has 0 saturated carbocycles. The Hall–Kier alpha value is -1.82. The van der Waals surface area contributed by atoms with E-state index in [-0.39, 0.29) is 31.7 Å². The van der Waals surface area contributed by atoms with Gasteiger partial charge in [0.25, 0.3) is 5.56 Å². The molecule has 12 nitrogen and oxygen atoms in total. The number of aliphatic hydroxyl groups excluding tert-OH is 2.